The van der Waals surface area contributed by atoms with E-state index in [1.165, 1.54) is 0 Å². The zero-order chi connectivity index (χ0) is 14.3. The number of rotatable bonds is 3. The van der Waals surface area contributed by atoms with Crippen LogP contribution >= 0.6 is 22.9 Å². The molecular weight excluding hydrogens is 296 g/mol. The highest BCUT2D eigenvalue weighted by molar-refractivity contribution is 7.07. The molecule has 1 atom stereocenters. The summed E-state index contributed by atoms with van der Waals surface area (Å²) in [6.45, 7) is 4.33. The van der Waals surface area contributed by atoms with Crippen LogP contribution in [0.15, 0.2) is 22.3 Å². The Balaban J connectivity index is 2.17. The van der Waals surface area contributed by atoms with Crippen LogP contribution in [0.1, 0.15) is 29.5 Å². The molecule has 20 heavy (non-hydrogen) atoms. The summed E-state index contributed by atoms with van der Waals surface area (Å²) >= 11 is 7.36. The van der Waals surface area contributed by atoms with Crippen molar-refractivity contribution in [2.75, 3.05) is 0 Å². The van der Waals surface area contributed by atoms with Crippen molar-refractivity contribution < 1.29 is 0 Å². The van der Waals surface area contributed by atoms with Crippen LogP contribution in [0.4, 0.5) is 0 Å². The minimum absolute atomic E-state index is 0.0611. The third kappa shape index (κ3) is 2.36. The molecule has 1 unspecified atom stereocenters. The lowest BCUT2D eigenvalue weighted by molar-refractivity contribution is 0.723. The second-order valence-corrected chi connectivity index (χ2v) is 6.14. The maximum atomic E-state index is 11.3. The largest absolute Gasteiger partial charge is 0.315 e. The number of pyridine rings is 1. The fourth-order valence-electron chi connectivity index (χ4n) is 2.14. The molecule has 104 valence electrons. The van der Waals surface area contributed by atoms with E-state index in [0.717, 1.165) is 39.7 Å². The normalized spacial score (nSPS) is 12.9. The first-order chi connectivity index (χ1) is 9.54. The number of aryl methyl sites for hydroxylation is 1. The van der Waals surface area contributed by atoms with Crippen molar-refractivity contribution in [3.63, 3.8) is 0 Å². The first-order valence-corrected chi connectivity index (χ1v) is 7.51. The Morgan fingerprint density at radius 1 is 1.45 bits per heavy atom. The zero-order valence-corrected chi connectivity index (χ0v) is 12.6. The molecule has 0 aliphatic heterocycles. The number of thiazole rings is 1. The molecule has 0 saturated heterocycles. The molecule has 0 amide bonds. The van der Waals surface area contributed by atoms with Gasteiger partial charge in [0.1, 0.15) is 11.3 Å². The summed E-state index contributed by atoms with van der Waals surface area (Å²) in [6, 6.07) is 3.86. The number of H-pyrrole nitrogens is 1. The van der Waals surface area contributed by atoms with E-state index in [1.54, 1.807) is 0 Å². The summed E-state index contributed by atoms with van der Waals surface area (Å²) in [5.74, 6) is 0.756. The number of nitrogens with zero attached hydrogens (tertiary/aromatic N) is 3. The van der Waals surface area contributed by atoms with Gasteiger partial charge in [-0.15, -0.1) is 11.6 Å². The number of aromatic amines is 1. The van der Waals surface area contributed by atoms with Gasteiger partial charge < -0.3 is 9.55 Å². The molecule has 0 aromatic carbocycles. The van der Waals surface area contributed by atoms with E-state index in [-0.39, 0.29) is 10.3 Å². The summed E-state index contributed by atoms with van der Waals surface area (Å²) in [6.07, 6.45) is 0. The lowest BCUT2D eigenvalue weighted by atomic mass is 10.3. The summed E-state index contributed by atoms with van der Waals surface area (Å²) in [5, 5.41) is 1.59. The van der Waals surface area contributed by atoms with E-state index in [2.05, 4.69) is 15.0 Å². The number of aromatic nitrogens is 4. The van der Waals surface area contributed by atoms with Gasteiger partial charge in [0.05, 0.1) is 11.9 Å². The topological polar surface area (TPSA) is 63.6 Å². The molecule has 3 rings (SSSR count). The Kier molecular flexibility index (Phi) is 3.35. The molecule has 3 heterocycles. The Morgan fingerprint density at radius 2 is 2.25 bits per heavy atom. The number of fused-ring (bicyclic) bond motifs is 1. The van der Waals surface area contributed by atoms with Gasteiger partial charge in [-0.3, -0.25) is 4.79 Å². The van der Waals surface area contributed by atoms with Gasteiger partial charge in [0.15, 0.2) is 5.65 Å². The van der Waals surface area contributed by atoms with Gasteiger partial charge in [-0.25, -0.2) is 9.97 Å². The first-order valence-electron chi connectivity index (χ1n) is 6.19. The molecule has 5 nitrogen and oxygen atoms in total. The van der Waals surface area contributed by atoms with Gasteiger partial charge in [-0.1, -0.05) is 11.3 Å². The molecule has 0 aliphatic carbocycles. The second kappa shape index (κ2) is 5.03. The molecular formula is C13H13ClN4OS. The summed E-state index contributed by atoms with van der Waals surface area (Å²) in [7, 11) is 0. The van der Waals surface area contributed by atoms with E-state index in [9.17, 15) is 4.79 Å². The third-order valence-electron chi connectivity index (χ3n) is 3.02. The van der Waals surface area contributed by atoms with Gasteiger partial charge >= 0.3 is 4.87 Å². The summed E-state index contributed by atoms with van der Waals surface area (Å²) in [4.78, 5) is 23.1. The number of hydrogen-bond acceptors (Lipinski definition) is 4. The summed E-state index contributed by atoms with van der Waals surface area (Å²) in [5.41, 5.74) is 3.36. The minimum atomic E-state index is -0.227. The highest BCUT2D eigenvalue weighted by Gasteiger charge is 2.16. The van der Waals surface area contributed by atoms with Crippen LogP contribution in [0, 0.1) is 6.92 Å². The lowest BCUT2D eigenvalue weighted by Crippen LogP contribution is -2.08. The van der Waals surface area contributed by atoms with Crippen LogP contribution in [0.5, 0.6) is 0 Å². The fourth-order valence-corrected chi connectivity index (χ4v) is 2.87. The van der Waals surface area contributed by atoms with E-state index in [4.69, 9.17) is 11.6 Å². The van der Waals surface area contributed by atoms with Gasteiger partial charge in [-0.2, -0.15) is 0 Å². The quantitative estimate of drug-likeness (QED) is 0.757. The zero-order valence-electron chi connectivity index (χ0n) is 11.1. The molecule has 1 N–H and O–H groups in total. The summed E-state index contributed by atoms with van der Waals surface area (Å²) < 4.78 is 1.96. The smallest absolute Gasteiger partial charge is 0.304 e. The molecule has 0 spiro atoms. The third-order valence-corrected chi connectivity index (χ3v) is 3.93. The Morgan fingerprint density at radius 3 is 2.90 bits per heavy atom. The molecule has 0 fully saturated rings. The average molecular weight is 309 g/mol. The van der Waals surface area contributed by atoms with Crippen molar-refractivity contribution in [1.82, 2.24) is 19.5 Å². The maximum absolute atomic E-state index is 11.3. The predicted octanol–water partition coefficient (Wildman–Crippen LogP) is 2.84. The van der Waals surface area contributed by atoms with E-state index < -0.39 is 0 Å². The number of hydrogen-bond donors (Lipinski definition) is 1. The van der Waals surface area contributed by atoms with Crippen molar-refractivity contribution in [2.45, 2.75) is 25.8 Å². The molecule has 0 bridgehead atoms. The SMILES string of the molecule is Cc1ccc2nc(C(C)Cl)n(Cc3csc(=O)[nH]3)c2n1. The monoisotopic (exact) mass is 308 g/mol. The highest BCUT2D eigenvalue weighted by Crippen LogP contribution is 2.24. The van der Waals surface area contributed by atoms with Crippen LogP contribution in [-0.4, -0.2) is 19.5 Å². The predicted molar refractivity (Wildman–Crippen MR) is 80.6 cm³/mol. The van der Waals surface area contributed by atoms with Crippen molar-refractivity contribution >= 4 is 34.1 Å². The number of halogens is 1. The minimum Gasteiger partial charge on any atom is -0.315 e. The fraction of sp³-hybridized carbons (Fsp3) is 0.308. The number of nitrogens with one attached hydrogen (secondary N) is 1. The Bertz CT molecular complexity index is 817. The van der Waals surface area contributed by atoms with Crippen LogP contribution in [0.2, 0.25) is 0 Å². The van der Waals surface area contributed by atoms with Crippen LogP contribution < -0.4 is 4.87 Å². The van der Waals surface area contributed by atoms with E-state index in [1.807, 2.05) is 35.9 Å². The van der Waals surface area contributed by atoms with Crippen LogP contribution in [0.3, 0.4) is 0 Å². The number of imidazole rings is 1. The van der Waals surface area contributed by atoms with Crippen molar-refractivity contribution in [3.8, 4) is 0 Å². The molecule has 3 aromatic rings. The van der Waals surface area contributed by atoms with Crippen molar-refractivity contribution in [1.29, 1.82) is 0 Å². The van der Waals surface area contributed by atoms with Gasteiger partial charge in [-0.05, 0) is 26.0 Å². The first kappa shape index (κ1) is 13.3. The maximum Gasteiger partial charge on any atom is 0.304 e. The van der Waals surface area contributed by atoms with Crippen molar-refractivity contribution in [3.05, 3.63) is 44.4 Å². The van der Waals surface area contributed by atoms with E-state index in [0.29, 0.717) is 6.54 Å². The molecule has 0 saturated carbocycles. The van der Waals surface area contributed by atoms with E-state index >= 15 is 0 Å². The average Bonchev–Trinajstić information content (AvgIpc) is 2.95. The molecule has 3 aromatic heterocycles. The van der Waals surface area contributed by atoms with Gasteiger partial charge in [0, 0.05) is 16.8 Å². The molecule has 0 aliphatic rings. The second-order valence-electron chi connectivity index (χ2n) is 4.64. The van der Waals surface area contributed by atoms with Crippen LogP contribution in [0.25, 0.3) is 11.2 Å². The van der Waals surface area contributed by atoms with Crippen LogP contribution in [-0.2, 0) is 6.54 Å². The Labute approximate surface area is 124 Å². The van der Waals surface area contributed by atoms with Gasteiger partial charge in [0.2, 0.25) is 0 Å². The van der Waals surface area contributed by atoms with Gasteiger partial charge in [0.25, 0.3) is 0 Å². The lowest BCUT2D eigenvalue weighted by Gasteiger charge is -2.08. The Hall–Kier alpha value is -1.66. The molecule has 7 heteroatoms. The van der Waals surface area contributed by atoms with Crippen molar-refractivity contribution in [2.24, 2.45) is 0 Å². The number of alkyl halides is 1. The standard InChI is InChI=1S/C13H13ClN4OS/c1-7-3-4-10-12(15-7)18(11(17-10)8(2)14)5-9-6-20-13(19)16-9/h3-4,6,8H,5H2,1-2H3,(H,16,19). The molecule has 0 radical (unpaired) electrons. The highest BCUT2D eigenvalue weighted by atomic mass is 35.5.